The molecule has 1 unspecified atom stereocenters. The third-order valence-electron chi connectivity index (χ3n) is 2.48. The molecule has 0 N–H and O–H groups in total. The highest BCUT2D eigenvalue weighted by atomic mass is 32.2. The van der Waals surface area contributed by atoms with E-state index in [2.05, 4.69) is 32.5 Å². The molecule has 1 rings (SSSR count). The van der Waals surface area contributed by atoms with Crippen LogP contribution in [0.3, 0.4) is 0 Å². The van der Waals surface area contributed by atoms with Crippen molar-refractivity contribution < 1.29 is 0 Å². The molecule has 1 aliphatic heterocycles. The Bertz CT molecular complexity index is 158. The lowest BCUT2D eigenvalue weighted by molar-refractivity contribution is 0.686. The molecule has 0 amide bonds. The molecule has 0 aromatic carbocycles. The zero-order valence-corrected chi connectivity index (χ0v) is 8.63. The van der Waals surface area contributed by atoms with E-state index in [1.165, 1.54) is 25.7 Å². The predicted molar refractivity (Wildman–Crippen MR) is 53.9 cm³/mol. The van der Waals surface area contributed by atoms with E-state index in [9.17, 15) is 0 Å². The van der Waals surface area contributed by atoms with Crippen molar-refractivity contribution in [3.05, 3.63) is 10.5 Å². The van der Waals surface area contributed by atoms with Gasteiger partial charge in [0.2, 0.25) is 0 Å². The van der Waals surface area contributed by atoms with E-state index in [1.807, 2.05) is 0 Å². The van der Waals surface area contributed by atoms with Crippen molar-refractivity contribution >= 4 is 11.8 Å². The highest BCUT2D eigenvalue weighted by Gasteiger charge is 2.12. The molecule has 0 radical (unpaired) electrons. The second kappa shape index (κ2) is 4.20. The monoisotopic (exact) mass is 170 g/mol. The Morgan fingerprint density at radius 3 is 2.82 bits per heavy atom. The summed E-state index contributed by atoms with van der Waals surface area (Å²) in [6, 6.07) is 0. The van der Waals surface area contributed by atoms with Crippen LogP contribution in [0.4, 0.5) is 0 Å². The van der Waals surface area contributed by atoms with E-state index in [0.29, 0.717) is 0 Å². The molecule has 0 fully saturated rings. The molecular weight excluding hydrogens is 152 g/mol. The Hall–Kier alpha value is 0.0900. The smallest absolute Gasteiger partial charge is 0.00885 e. The van der Waals surface area contributed by atoms with E-state index < -0.39 is 0 Å². The van der Waals surface area contributed by atoms with Gasteiger partial charge in [-0.2, -0.15) is 0 Å². The standard InChI is InChI=1S/C10H18S/c1-4-10-7-5-6-8(2)9(3)11-10/h10H,4-7H2,1-3H3. The summed E-state index contributed by atoms with van der Waals surface area (Å²) in [4.78, 5) is 1.58. The van der Waals surface area contributed by atoms with Gasteiger partial charge in [-0.3, -0.25) is 0 Å². The highest BCUT2D eigenvalue weighted by Crippen LogP contribution is 2.34. The highest BCUT2D eigenvalue weighted by molar-refractivity contribution is 8.03. The molecular formula is C10H18S. The maximum absolute atomic E-state index is 2.30. The fourth-order valence-electron chi connectivity index (χ4n) is 1.47. The van der Waals surface area contributed by atoms with E-state index in [1.54, 1.807) is 10.5 Å². The SMILES string of the molecule is CCC1CCCC(C)=C(C)S1. The Labute approximate surface area is 74.5 Å². The summed E-state index contributed by atoms with van der Waals surface area (Å²) in [6.45, 7) is 6.85. The molecule has 1 atom stereocenters. The van der Waals surface area contributed by atoms with Gasteiger partial charge in [0.05, 0.1) is 0 Å². The second-order valence-corrected chi connectivity index (χ2v) is 4.89. The zero-order valence-electron chi connectivity index (χ0n) is 7.81. The van der Waals surface area contributed by atoms with Gasteiger partial charge in [-0.15, -0.1) is 11.8 Å². The van der Waals surface area contributed by atoms with Crippen LogP contribution in [0.25, 0.3) is 0 Å². The number of thioether (sulfide) groups is 1. The number of hydrogen-bond acceptors (Lipinski definition) is 1. The molecule has 1 aliphatic rings. The van der Waals surface area contributed by atoms with Crippen molar-refractivity contribution in [3.63, 3.8) is 0 Å². The van der Waals surface area contributed by atoms with E-state index in [-0.39, 0.29) is 0 Å². The van der Waals surface area contributed by atoms with Gasteiger partial charge in [0.1, 0.15) is 0 Å². The summed E-state index contributed by atoms with van der Waals surface area (Å²) in [7, 11) is 0. The summed E-state index contributed by atoms with van der Waals surface area (Å²) in [5.41, 5.74) is 1.62. The van der Waals surface area contributed by atoms with Crippen LogP contribution in [-0.2, 0) is 0 Å². The molecule has 0 saturated carbocycles. The third kappa shape index (κ3) is 2.55. The topological polar surface area (TPSA) is 0 Å². The minimum atomic E-state index is 0.896. The average Bonchev–Trinajstić information content (AvgIpc) is 2.15. The molecule has 1 heterocycles. The van der Waals surface area contributed by atoms with E-state index >= 15 is 0 Å². The molecule has 0 saturated heterocycles. The zero-order chi connectivity index (χ0) is 8.27. The maximum atomic E-state index is 2.30. The molecule has 11 heavy (non-hydrogen) atoms. The quantitative estimate of drug-likeness (QED) is 0.573. The first-order valence-corrected chi connectivity index (χ1v) is 5.45. The van der Waals surface area contributed by atoms with Crippen molar-refractivity contribution in [3.8, 4) is 0 Å². The normalized spacial score (nSPS) is 27.0. The summed E-state index contributed by atoms with van der Waals surface area (Å²) in [5.74, 6) is 0. The van der Waals surface area contributed by atoms with Gasteiger partial charge in [0, 0.05) is 5.25 Å². The van der Waals surface area contributed by atoms with Gasteiger partial charge in [0.15, 0.2) is 0 Å². The van der Waals surface area contributed by atoms with Crippen LogP contribution in [0.15, 0.2) is 10.5 Å². The molecule has 64 valence electrons. The van der Waals surface area contributed by atoms with E-state index in [4.69, 9.17) is 0 Å². The van der Waals surface area contributed by atoms with Crippen LogP contribution in [-0.4, -0.2) is 5.25 Å². The lowest BCUT2D eigenvalue weighted by Gasteiger charge is -2.10. The van der Waals surface area contributed by atoms with Gasteiger partial charge in [-0.05, 0) is 44.4 Å². The Morgan fingerprint density at radius 2 is 2.18 bits per heavy atom. The molecule has 0 aromatic heterocycles. The lowest BCUT2D eigenvalue weighted by Crippen LogP contribution is -1.97. The van der Waals surface area contributed by atoms with Gasteiger partial charge in [-0.25, -0.2) is 0 Å². The Kier molecular flexibility index (Phi) is 3.50. The molecule has 0 aromatic rings. The van der Waals surface area contributed by atoms with Crippen LogP contribution in [0.5, 0.6) is 0 Å². The summed E-state index contributed by atoms with van der Waals surface area (Å²) < 4.78 is 0. The van der Waals surface area contributed by atoms with Gasteiger partial charge in [0.25, 0.3) is 0 Å². The Morgan fingerprint density at radius 1 is 1.45 bits per heavy atom. The largest absolute Gasteiger partial charge is 0.128 e. The van der Waals surface area contributed by atoms with Crippen LogP contribution in [0, 0.1) is 0 Å². The first-order chi connectivity index (χ1) is 5.24. The van der Waals surface area contributed by atoms with Gasteiger partial charge < -0.3 is 0 Å². The minimum Gasteiger partial charge on any atom is -0.128 e. The second-order valence-electron chi connectivity index (χ2n) is 3.38. The lowest BCUT2D eigenvalue weighted by atomic mass is 10.1. The van der Waals surface area contributed by atoms with E-state index in [0.717, 1.165) is 5.25 Å². The third-order valence-corrected chi connectivity index (χ3v) is 4.08. The van der Waals surface area contributed by atoms with Crippen molar-refractivity contribution in [2.24, 2.45) is 0 Å². The molecule has 1 heteroatoms. The van der Waals surface area contributed by atoms with Crippen LogP contribution >= 0.6 is 11.8 Å². The minimum absolute atomic E-state index is 0.896. The number of rotatable bonds is 1. The fourth-order valence-corrected chi connectivity index (χ4v) is 2.72. The summed E-state index contributed by atoms with van der Waals surface area (Å²) in [5, 5.41) is 0.896. The number of hydrogen-bond donors (Lipinski definition) is 0. The average molecular weight is 170 g/mol. The molecule has 0 bridgehead atoms. The fraction of sp³-hybridized carbons (Fsp3) is 0.800. The first-order valence-electron chi connectivity index (χ1n) is 4.57. The summed E-state index contributed by atoms with van der Waals surface area (Å²) >= 11 is 2.09. The van der Waals surface area contributed by atoms with Gasteiger partial charge >= 0.3 is 0 Å². The first kappa shape index (κ1) is 9.18. The predicted octanol–water partition coefficient (Wildman–Crippen LogP) is 3.98. The number of allylic oxidation sites excluding steroid dienone is 2. The van der Waals surface area contributed by atoms with Crippen molar-refractivity contribution in [2.75, 3.05) is 0 Å². The molecule has 0 aliphatic carbocycles. The van der Waals surface area contributed by atoms with Crippen molar-refractivity contribution in [1.82, 2.24) is 0 Å². The molecule has 0 nitrogen and oxygen atoms in total. The van der Waals surface area contributed by atoms with Crippen molar-refractivity contribution in [2.45, 2.75) is 51.7 Å². The van der Waals surface area contributed by atoms with Crippen molar-refractivity contribution in [1.29, 1.82) is 0 Å². The van der Waals surface area contributed by atoms with Crippen LogP contribution in [0.1, 0.15) is 46.5 Å². The van der Waals surface area contributed by atoms with Crippen LogP contribution < -0.4 is 0 Å². The van der Waals surface area contributed by atoms with Gasteiger partial charge in [-0.1, -0.05) is 12.5 Å². The van der Waals surface area contributed by atoms with Crippen LogP contribution in [0.2, 0.25) is 0 Å². The maximum Gasteiger partial charge on any atom is 0.00885 e. The Balaban J connectivity index is 2.58. The summed E-state index contributed by atoms with van der Waals surface area (Å²) in [6.07, 6.45) is 5.47. The molecule has 0 spiro atoms.